The number of rotatable bonds is 7. The molecular formula is C21H25N3O3S. The van der Waals surface area contributed by atoms with Gasteiger partial charge in [-0.15, -0.1) is 0 Å². The van der Waals surface area contributed by atoms with Gasteiger partial charge in [-0.1, -0.05) is 16.9 Å². The summed E-state index contributed by atoms with van der Waals surface area (Å²) in [6.07, 6.45) is 2.55. The minimum absolute atomic E-state index is 0.290. The Hall–Kier alpha value is -2.25. The largest absolute Gasteiger partial charge is 0.497 e. The van der Waals surface area contributed by atoms with Crippen LogP contribution in [0.5, 0.6) is 5.75 Å². The Labute approximate surface area is 169 Å². The summed E-state index contributed by atoms with van der Waals surface area (Å²) < 4.78 is 18.8. The Bertz CT molecular complexity index is 927. The number of aryl methyl sites for hydroxylation is 1. The molecule has 148 valence electrons. The van der Waals surface area contributed by atoms with Crippen LogP contribution in [-0.2, 0) is 17.0 Å². The first kappa shape index (κ1) is 19.1. The highest BCUT2D eigenvalue weighted by atomic mass is 32.2. The van der Waals surface area contributed by atoms with E-state index in [2.05, 4.69) is 23.6 Å². The highest BCUT2D eigenvalue weighted by Gasteiger charge is 2.20. The molecule has 3 heterocycles. The van der Waals surface area contributed by atoms with Crippen molar-refractivity contribution in [3.05, 3.63) is 47.5 Å². The van der Waals surface area contributed by atoms with Crippen LogP contribution < -0.4 is 4.74 Å². The lowest BCUT2D eigenvalue weighted by atomic mass is 10.1. The number of benzene rings is 1. The smallest absolute Gasteiger partial charge is 0.168 e. The van der Waals surface area contributed by atoms with Crippen LogP contribution in [0.2, 0.25) is 0 Å². The molecule has 28 heavy (non-hydrogen) atoms. The second-order valence-electron chi connectivity index (χ2n) is 7.01. The number of imidazole rings is 1. The van der Waals surface area contributed by atoms with Crippen LogP contribution in [0.15, 0.2) is 40.0 Å². The number of hydrogen-bond acceptors (Lipinski definition) is 6. The number of hydrogen-bond donors (Lipinski definition) is 0. The van der Waals surface area contributed by atoms with Crippen LogP contribution >= 0.6 is 11.8 Å². The molecule has 0 saturated carbocycles. The predicted molar refractivity (Wildman–Crippen MR) is 109 cm³/mol. The zero-order valence-electron chi connectivity index (χ0n) is 16.5. The highest BCUT2D eigenvalue weighted by Crippen LogP contribution is 2.29. The normalized spacial score (nSPS) is 16.6. The molecule has 0 aliphatic carbocycles. The molecule has 3 aromatic rings. The van der Waals surface area contributed by atoms with Gasteiger partial charge >= 0.3 is 0 Å². The van der Waals surface area contributed by atoms with Gasteiger partial charge in [-0.2, -0.15) is 0 Å². The molecule has 1 saturated heterocycles. The second kappa shape index (κ2) is 8.41. The first-order valence-corrected chi connectivity index (χ1v) is 10.5. The van der Waals surface area contributed by atoms with E-state index in [1.165, 1.54) is 5.69 Å². The van der Waals surface area contributed by atoms with E-state index in [-0.39, 0.29) is 0 Å². The molecule has 1 aromatic carbocycles. The number of thioether (sulfide) groups is 1. The Morgan fingerprint density at radius 3 is 2.79 bits per heavy atom. The molecule has 0 radical (unpaired) electrons. The molecule has 0 amide bonds. The summed E-state index contributed by atoms with van der Waals surface area (Å²) in [4.78, 5) is 4.75. The van der Waals surface area contributed by atoms with Gasteiger partial charge in [-0.3, -0.25) is 0 Å². The molecule has 1 aliphatic rings. The Balaban J connectivity index is 1.44. The van der Waals surface area contributed by atoms with Gasteiger partial charge in [0.2, 0.25) is 0 Å². The monoisotopic (exact) mass is 399 g/mol. The third-order valence-corrected chi connectivity index (χ3v) is 6.12. The summed E-state index contributed by atoms with van der Waals surface area (Å²) in [5, 5.41) is 5.21. The van der Waals surface area contributed by atoms with E-state index in [0.29, 0.717) is 11.9 Å². The number of ether oxygens (including phenoxy) is 2. The van der Waals surface area contributed by atoms with Crippen molar-refractivity contribution in [3.8, 4) is 17.0 Å². The molecule has 4 rings (SSSR count). The maximum atomic E-state index is 5.81. The van der Waals surface area contributed by atoms with Crippen molar-refractivity contribution in [2.24, 2.45) is 0 Å². The maximum Gasteiger partial charge on any atom is 0.168 e. The minimum atomic E-state index is 0.290. The van der Waals surface area contributed by atoms with Crippen LogP contribution in [0.3, 0.4) is 0 Å². The van der Waals surface area contributed by atoms with Crippen molar-refractivity contribution in [2.75, 3.05) is 13.7 Å². The second-order valence-corrected chi connectivity index (χ2v) is 7.95. The van der Waals surface area contributed by atoms with Gasteiger partial charge in [0.1, 0.15) is 17.2 Å². The van der Waals surface area contributed by atoms with E-state index < -0.39 is 0 Å². The summed E-state index contributed by atoms with van der Waals surface area (Å²) in [6.45, 7) is 5.91. The van der Waals surface area contributed by atoms with Gasteiger partial charge in [0.15, 0.2) is 5.16 Å². The zero-order chi connectivity index (χ0) is 19.5. The van der Waals surface area contributed by atoms with Gasteiger partial charge in [-0.25, -0.2) is 4.98 Å². The van der Waals surface area contributed by atoms with Crippen LogP contribution in [0, 0.1) is 13.8 Å². The topological polar surface area (TPSA) is 62.3 Å². The quantitative estimate of drug-likeness (QED) is 0.540. The van der Waals surface area contributed by atoms with Crippen molar-refractivity contribution in [2.45, 2.75) is 50.2 Å². The van der Waals surface area contributed by atoms with Gasteiger partial charge in [-0.05, 0) is 51.0 Å². The van der Waals surface area contributed by atoms with E-state index in [4.69, 9.17) is 19.0 Å². The fraction of sp³-hybridized carbons (Fsp3) is 0.429. The van der Waals surface area contributed by atoms with Crippen molar-refractivity contribution < 1.29 is 14.0 Å². The van der Waals surface area contributed by atoms with E-state index in [1.54, 1.807) is 18.9 Å². The van der Waals surface area contributed by atoms with E-state index >= 15 is 0 Å². The van der Waals surface area contributed by atoms with Crippen LogP contribution in [-0.4, -0.2) is 34.5 Å². The fourth-order valence-corrected chi connectivity index (χ4v) is 4.33. The summed E-state index contributed by atoms with van der Waals surface area (Å²) in [6, 6.07) is 9.79. The molecule has 6 nitrogen and oxygen atoms in total. The van der Waals surface area contributed by atoms with Gasteiger partial charge in [0.25, 0.3) is 0 Å². The van der Waals surface area contributed by atoms with Crippen LogP contribution in [0.25, 0.3) is 11.3 Å². The van der Waals surface area contributed by atoms with Gasteiger partial charge in [0, 0.05) is 23.9 Å². The molecule has 1 atom stereocenters. The predicted octanol–water partition coefficient (Wildman–Crippen LogP) is 4.63. The Morgan fingerprint density at radius 2 is 2.07 bits per heavy atom. The third kappa shape index (κ3) is 4.10. The average molecular weight is 400 g/mol. The summed E-state index contributed by atoms with van der Waals surface area (Å²) >= 11 is 1.68. The van der Waals surface area contributed by atoms with Crippen molar-refractivity contribution in [1.82, 2.24) is 14.7 Å². The number of nitrogens with zero attached hydrogens (tertiary/aromatic N) is 3. The zero-order valence-corrected chi connectivity index (χ0v) is 17.3. The summed E-state index contributed by atoms with van der Waals surface area (Å²) in [5.74, 6) is 2.34. The standard InChI is InChI=1S/C21H25N3O3S/c1-14-15(2)24(12-18-5-4-10-26-18)21(22-14)28-13-19-11-20(23-27-19)16-6-8-17(25-3)9-7-16/h6-9,11,18H,4-5,10,12-13H2,1-3H3. The van der Waals surface area contributed by atoms with E-state index in [9.17, 15) is 0 Å². The van der Waals surface area contributed by atoms with Crippen LogP contribution in [0.4, 0.5) is 0 Å². The Morgan fingerprint density at radius 1 is 1.25 bits per heavy atom. The fourth-order valence-electron chi connectivity index (χ4n) is 3.36. The minimum Gasteiger partial charge on any atom is -0.497 e. The molecule has 7 heteroatoms. The first-order chi connectivity index (χ1) is 13.6. The molecule has 1 unspecified atom stereocenters. The summed E-state index contributed by atoms with van der Waals surface area (Å²) in [7, 11) is 1.66. The van der Waals surface area contributed by atoms with Crippen molar-refractivity contribution in [3.63, 3.8) is 0 Å². The molecule has 0 N–H and O–H groups in total. The summed E-state index contributed by atoms with van der Waals surface area (Å²) in [5.41, 5.74) is 4.10. The van der Waals surface area contributed by atoms with Crippen molar-refractivity contribution in [1.29, 1.82) is 0 Å². The molecule has 2 aromatic heterocycles. The highest BCUT2D eigenvalue weighted by molar-refractivity contribution is 7.98. The van der Waals surface area contributed by atoms with Crippen LogP contribution in [0.1, 0.15) is 30.0 Å². The third-order valence-electron chi connectivity index (χ3n) is 5.12. The molecule has 1 fully saturated rings. The molecular weight excluding hydrogens is 374 g/mol. The lowest BCUT2D eigenvalue weighted by molar-refractivity contribution is 0.0945. The lowest BCUT2D eigenvalue weighted by Gasteiger charge is -2.14. The lowest BCUT2D eigenvalue weighted by Crippen LogP contribution is -2.16. The molecule has 0 spiro atoms. The number of methoxy groups -OCH3 is 1. The van der Waals surface area contributed by atoms with Gasteiger partial charge < -0.3 is 18.6 Å². The van der Waals surface area contributed by atoms with Crippen molar-refractivity contribution >= 4 is 11.8 Å². The molecule has 0 bridgehead atoms. The van der Waals surface area contributed by atoms with E-state index in [1.807, 2.05) is 30.3 Å². The first-order valence-electron chi connectivity index (χ1n) is 9.52. The molecule has 1 aliphatic heterocycles. The average Bonchev–Trinajstić information content (AvgIpc) is 3.45. The maximum absolute atomic E-state index is 5.81. The van der Waals surface area contributed by atoms with Gasteiger partial charge in [0.05, 0.1) is 31.2 Å². The SMILES string of the molecule is COc1ccc(-c2cc(CSc3nc(C)c(C)n3CC3CCCO3)on2)cc1. The van der Waals surface area contributed by atoms with E-state index in [0.717, 1.165) is 59.6 Å². The number of aromatic nitrogens is 3. The Kier molecular flexibility index (Phi) is 5.73.